The first kappa shape index (κ1) is 18.1. The van der Waals surface area contributed by atoms with Crippen LogP contribution in [0.4, 0.5) is 0 Å². The second kappa shape index (κ2) is 6.44. The molecule has 0 radical (unpaired) electrons. The second-order valence-electron chi connectivity index (χ2n) is 7.13. The van der Waals surface area contributed by atoms with Crippen LogP contribution in [0.2, 0.25) is 0 Å². The van der Waals surface area contributed by atoms with Crippen LogP contribution in [0.25, 0.3) is 0 Å². The zero-order valence-electron chi connectivity index (χ0n) is 14.4. The smallest absolute Gasteiger partial charge is 0.123 e. The summed E-state index contributed by atoms with van der Waals surface area (Å²) in [6, 6.07) is 8.05. The van der Waals surface area contributed by atoms with Gasteiger partial charge >= 0.3 is 0 Å². The fraction of sp³-hybridized carbons (Fsp3) is 0.647. The van der Waals surface area contributed by atoms with Crippen molar-refractivity contribution in [1.82, 2.24) is 0 Å². The third-order valence-corrected chi connectivity index (χ3v) is 3.07. The summed E-state index contributed by atoms with van der Waals surface area (Å²) < 4.78 is 0. The Labute approximate surface area is 128 Å². The highest BCUT2D eigenvalue weighted by Crippen LogP contribution is 2.30. The molecule has 0 saturated carbocycles. The SMILES string of the molecule is COOC(C)(C)c1ccc(C(C)(C)OOC(C)(C)C)cc1. The molecule has 0 spiro atoms. The van der Waals surface area contributed by atoms with Gasteiger partial charge in [0, 0.05) is 0 Å². The summed E-state index contributed by atoms with van der Waals surface area (Å²) in [7, 11) is 1.51. The van der Waals surface area contributed by atoms with Crippen LogP contribution >= 0.6 is 0 Å². The molecule has 4 nitrogen and oxygen atoms in total. The summed E-state index contributed by atoms with van der Waals surface area (Å²) >= 11 is 0. The van der Waals surface area contributed by atoms with Crippen LogP contribution in [0, 0.1) is 0 Å². The third-order valence-electron chi connectivity index (χ3n) is 3.07. The van der Waals surface area contributed by atoms with E-state index in [4.69, 9.17) is 19.6 Å². The zero-order valence-corrected chi connectivity index (χ0v) is 14.4. The van der Waals surface area contributed by atoms with E-state index in [2.05, 4.69) is 0 Å². The topological polar surface area (TPSA) is 36.9 Å². The molecule has 1 aromatic carbocycles. The molecule has 0 unspecified atom stereocenters. The van der Waals surface area contributed by atoms with Crippen LogP contribution in [0.3, 0.4) is 0 Å². The first-order valence-corrected chi connectivity index (χ1v) is 7.18. The van der Waals surface area contributed by atoms with Crippen LogP contribution in [0.15, 0.2) is 24.3 Å². The number of hydrogen-bond donors (Lipinski definition) is 0. The van der Waals surface area contributed by atoms with Crippen molar-refractivity contribution >= 4 is 0 Å². The molecule has 1 rings (SSSR count). The molecule has 0 aliphatic rings. The van der Waals surface area contributed by atoms with Gasteiger partial charge in [-0.2, -0.15) is 0 Å². The van der Waals surface area contributed by atoms with E-state index in [1.54, 1.807) is 0 Å². The summed E-state index contributed by atoms with van der Waals surface area (Å²) in [6.07, 6.45) is 0. The largest absolute Gasteiger partial charge is 0.239 e. The molecule has 0 aromatic heterocycles. The van der Waals surface area contributed by atoms with Crippen molar-refractivity contribution in [3.8, 4) is 0 Å². The van der Waals surface area contributed by atoms with Crippen molar-refractivity contribution < 1.29 is 19.6 Å². The van der Waals surface area contributed by atoms with Crippen molar-refractivity contribution in [2.45, 2.75) is 65.3 Å². The molecule has 4 heteroatoms. The average molecular weight is 296 g/mol. The van der Waals surface area contributed by atoms with Gasteiger partial charge in [-0.15, -0.1) is 0 Å². The zero-order chi connectivity index (χ0) is 16.3. The van der Waals surface area contributed by atoms with E-state index in [0.29, 0.717) is 0 Å². The van der Waals surface area contributed by atoms with E-state index in [0.717, 1.165) is 11.1 Å². The first-order chi connectivity index (χ1) is 9.48. The van der Waals surface area contributed by atoms with E-state index in [-0.39, 0.29) is 5.60 Å². The fourth-order valence-electron chi connectivity index (χ4n) is 1.81. The molecule has 0 heterocycles. The Hall–Kier alpha value is -0.940. The summed E-state index contributed by atoms with van der Waals surface area (Å²) in [5.41, 5.74) is 0.688. The Morgan fingerprint density at radius 3 is 1.33 bits per heavy atom. The maximum atomic E-state index is 5.60. The molecule has 0 aliphatic heterocycles. The highest BCUT2D eigenvalue weighted by atomic mass is 17.2. The van der Waals surface area contributed by atoms with Gasteiger partial charge in [0.25, 0.3) is 0 Å². The Morgan fingerprint density at radius 1 is 0.619 bits per heavy atom. The van der Waals surface area contributed by atoms with Crippen molar-refractivity contribution in [1.29, 1.82) is 0 Å². The molecule has 1 aromatic rings. The van der Waals surface area contributed by atoms with Gasteiger partial charge in [0.1, 0.15) is 11.2 Å². The normalized spacial score (nSPS) is 13.5. The quantitative estimate of drug-likeness (QED) is 0.573. The van der Waals surface area contributed by atoms with Crippen LogP contribution in [-0.2, 0) is 30.8 Å². The number of rotatable bonds is 6. The molecular formula is C17H28O4. The van der Waals surface area contributed by atoms with Crippen molar-refractivity contribution in [2.75, 3.05) is 7.11 Å². The molecule has 0 N–H and O–H groups in total. The lowest BCUT2D eigenvalue weighted by molar-refractivity contribution is -0.401. The maximum Gasteiger partial charge on any atom is 0.123 e. The highest BCUT2D eigenvalue weighted by Gasteiger charge is 2.28. The van der Waals surface area contributed by atoms with Gasteiger partial charge in [-0.05, 0) is 59.6 Å². The lowest BCUT2D eigenvalue weighted by Crippen LogP contribution is -2.29. The number of benzene rings is 1. The van der Waals surface area contributed by atoms with Gasteiger partial charge in [0.05, 0.1) is 12.7 Å². The van der Waals surface area contributed by atoms with Gasteiger partial charge in [-0.25, -0.2) is 19.6 Å². The average Bonchev–Trinajstić information content (AvgIpc) is 2.36. The molecule has 0 saturated heterocycles. The maximum absolute atomic E-state index is 5.60. The summed E-state index contributed by atoms with van der Waals surface area (Å²) in [4.78, 5) is 21.1. The fourth-order valence-corrected chi connectivity index (χ4v) is 1.81. The van der Waals surface area contributed by atoms with Crippen molar-refractivity contribution in [3.05, 3.63) is 35.4 Å². The van der Waals surface area contributed by atoms with Crippen molar-refractivity contribution in [2.24, 2.45) is 0 Å². The van der Waals surface area contributed by atoms with Crippen LogP contribution < -0.4 is 0 Å². The summed E-state index contributed by atoms with van der Waals surface area (Å²) in [6.45, 7) is 13.7. The van der Waals surface area contributed by atoms with Gasteiger partial charge in [-0.3, -0.25) is 0 Å². The Morgan fingerprint density at radius 2 is 1.00 bits per heavy atom. The van der Waals surface area contributed by atoms with E-state index < -0.39 is 11.2 Å². The molecule has 0 bridgehead atoms. The minimum atomic E-state index is -0.530. The third kappa shape index (κ3) is 5.40. The predicted molar refractivity (Wildman–Crippen MR) is 82.5 cm³/mol. The van der Waals surface area contributed by atoms with Gasteiger partial charge in [0.2, 0.25) is 0 Å². The van der Waals surface area contributed by atoms with Crippen molar-refractivity contribution in [3.63, 3.8) is 0 Å². The minimum Gasteiger partial charge on any atom is -0.239 e. The van der Waals surface area contributed by atoms with E-state index in [9.17, 15) is 0 Å². The minimum absolute atomic E-state index is 0.342. The van der Waals surface area contributed by atoms with E-state index in [1.807, 2.05) is 72.7 Å². The predicted octanol–water partition coefficient (Wildman–Crippen LogP) is 4.48. The van der Waals surface area contributed by atoms with E-state index in [1.165, 1.54) is 7.11 Å². The lowest BCUT2D eigenvalue weighted by Gasteiger charge is -2.29. The second-order valence-corrected chi connectivity index (χ2v) is 7.13. The molecule has 0 aliphatic carbocycles. The number of hydrogen-bond acceptors (Lipinski definition) is 4. The van der Waals surface area contributed by atoms with E-state index >= 15 is 0 Å². The van der Waals surface area contributed by atoms with Crippen LogP contribution in [0.5, 0.6) is 0 Å². The molecule has 120 valence electrons. The van der Waals surface area contributed by atoms with Gasteiger partial charge < -0.3 is 0 Å². The van der Waals surface area contributed by atoms with Gasteiger partial charge in [0.15, 0.2) is 0 Å². The molecular weight excluding hydrogens is 268 g/mol. The molecule has 21 heavy (non-hydrogen) atoms. The Kier molecular flexibility index (Phi) is 5.56. The highest BCUT2D eigenvalue weighted by molar-refractivity contribution is 5.29. The first-order valence-electron chi connectivity index (χ1n) is 7.18. The summed E-state index contributed by atoms with van der Waals surface area (Å²) in [5, 5.41) is 0. The Bertz CT molecular complexity index is 441. The van der Waals surface area contributed by atoms with Crippen LogP contribution in [-0.4, -0.2) is 12.7 Å². The molecule has 0 fully saturated rings. The van der Waals surface area contributed by atoms with Crippen LogP contribution in [0.1, 0.15) is 59.6 Å². The summed E-state index contributed by atoms with van der Waals surface area (Å²) in [5.74, 6) is 0. The monoisotopic (exact) mass is 296 g/mol. The standard InChI is InChI=1S/C17H28O4/c1-15(2,3)19-21-17(6,7)14-11-9-13(10-12-14)16(4,5)20-18-8/h9-12H,1-8H3. The molecule has 0 amide bonds. The lowest BCUT2D eigenvalue weighted by atomic mass is 9.92. The Balaban J connectivity index is 2.86. The molecule has 0 atom stereocenters. The van der Waals surface area contributed by atoms with Gasteiger partial charge in [-0.1, -0.05) is 24.3 Å².